The molecule has 0 aliphatic carbocycles. The van der Waals surface area contributed by atoms with E-state index in [2.05, 4.69) is 21.4 Å². The minimum Gasteiger partial charge on any atom is -0.271 e. The van der Waals surface area contributed by atoms with Crippen LogP contribution in [0.2, 0.25) is 0 Å². The van der Waals surface area contributed by atoms with Crippen LogP contribution in [0, 0.1) is 5.82 Å². The first-order valence-electron chi connectivity index (χ1n) is 4.81. The lowest BCUT2D eigenvalue weighted by Crippen LogP contribution is -2.29. The summed E-state index contributed by atoms with van der Waals surface area (Å²) in [5, 5.41) is 0. The molecule has 1 atom stereocenters. The van der Waals surface area contributed by atoms with Crippen LogP contribution in [-0.4, -0.2) is 6.18 Å². The first-order chi connectivity index (χ1) is 7.83. The van der Waals surface area contributed by atoms with Crippen molar-refractivity contribution in [3.63, 3.8) is 0 Å². The van der Waals surface area contributed by atoms with Crippen molar-refractivity contribution in [3.8, 4) is 0 Å². The topological polar surface area (TPSA) is 38.0 Å². The highest BCUT2D eigenvalue weighted by Crippen LogP contribution is 2.29. The van der Waals surface area contributed by atoms with E-state index in [9.17, 15) is 17.6 Å². The maximum atomic E-state index is 13.4. The Labute approximate surface area is 104 Å². The van der Waals surface area contributed by atoms with Crippen LogP contribution < -0.4 is 11.3 Å². The summed E-state index contributed by atoms with van der Waals surface area (Å²) in [6.45, 7) is 0. The first kappa shape index (κ1) is 14.4. The molecule has 17 heavy (non-hydrogen) atoms. The molecule has 3 N–H and O–H groups in total. The zero-order valence-corrected chi connectivity index (χ0v) is 10.3. The van der Waals surface area contributed by atoms with Crippen molar-refractivity contribution in [1.82, 2.24) is 5.43 Å². The highest BCUT2D eigenvalue weighted by Gasteiger charge is 2.29. The van der Waals surface area contributed by atoms with Gasteiger partial charge in [0, 0.05) is 22.5 Å². The van der Waals surface area contributed by atoms with Gasteiger partial charge in [-0.05, 0) is 24.6 Å². The summed E-state index contributed by atoms with van der Waals surface area (Å²) in [5.41, 5.74) is 2.31. The van der Waals surface area contributed by atoms with E-state index in [1.165, 1.54) is 18.2 Å². The number of nitrogens with two attached hydrogens (primary N) is 1. The van der Waals surface area contributed by atoms with Crippen molar-refractivity contribution in [1.29, 1.82) is 0 Å². The second-order valence-corrected chi connectivity index (χ2v) is 4.45. The van der Waals surface area contributed by atoms with Crippen molar-refractivity contribution >= 4 is 15.9 Å². The molecule has 0 spiro atoms. The first-order valence-corrected chi connectivity index (χ1v) is 5.60. The SMILES string of the molecule is NNC(CCC(F)(F)F)c1cc(Br)ccc1F. The van der Waals surface area contributed by atoms with E-state index in [0.717, 1.165) is 0 Å². The van der Waals surface area contributed by atoms with E-state index in [0.29, 0.717) is 4.47 Å². The van der Waals surface area contributed by atoms with Gasteiger partial charge in [0.25, 0.3) is 0 Å². The fraction of sp³-hybridized carbons (Fsp3) is 0.400. The number of hydrogen-bond acceptors (Lipinski definition) is 2. The number of halogens is 5. The van der Waals surface area contributed by atoms with Crippen molar-refractivity contribution in [2.24, 2.45) is 5.84 Å². The van der Waals surface area contributed by atoms with Crippen LogP contribution in [0.25, 0.3) is 0 Å². The average molecular weight is 315 g/mol. The van der Waals surface area contributed by atoms with Crippen molar-refractivity contribution in [2.75, 3.05) is 0 Å². The Morgan fingerprint density at radius 1 is 1.35 bits per heavy atom. The van der Waals surface area contributed by atoms with Crippen LogP contribution in [0.15, 0.2) is 22.7 Å². The molecule has 0 radical (unpaired) electrons. The van der Waals surface area contributed by atoms with Gasteiger partial charge in [-0.1, -0.05) is 15.9 Å². The van der Waals surface area contributed by atoms with Gasteiger partial charge in [0.05, 0.1) is 0 Å². The van der Waals surface area contributed by atoms with Crippen LogP contribution in [0.4, 0.5) is 17.6 Å². The molecule has 0 saturated heterocycles. The molecule has 96 valence electrons. The number of nitrogens with one attached hydrogen (secondary N) is 1. The molecular formula is C10H11BrF4N2. The van der Waals surface area contributed by atoms with E-state index in [1.54, 1.807) is 0 Å². The highest BCUT2D eigenvalue weighted by molar-refractivity contribution is 9.10. The van der Waals surface area contributed by atoms with Gasteiger partial charge in [-0.15, -0.1) is 0 Å². The highest BCUT2D eigenvalue weighted by atomic mass is 79.9. The van der Waals surface area contributed by atoms with E-state index in [1.807, 2.05) is 0 Å². The number of hydrogen-bond donors (Lipinski definition) is 2. The lowest BCUT2D eigenvalue weighted by molar-refractivity contribution is -0.136. The molecule has 1 aromatic rings. The van der Waals surface area contributed by atoms with E-state index in [-0.39, 0.29) is 12.0 Å². The fourth-order valence-electron chi connectivity index (χ4n) is 1.42. The number of rotatable bonds is 4. The molecule has 0 aliphatic heterocycles. The molecule has 0 aromatic heterocycles. The van der Waals surface area contributed by atoms with Gasteiger partial charge in [0.1, 0.15) is 5.82 Å². The largest absolute Gasteiger partial charge is 0.389 e. The van der Waals surface area contributed by atoms with Crippen LogP contribution in [0.1, 0.15) is 24.4 Å². The van der Waals surface area contributed by atoms with Crippen molar-refractivity contribution in [2.45, 2.75) is 25.1 Å². The van der Waals surface area contributed by atoms with Crippen LogP contribution in [0.3, 0.4) is 0 Å². The Morgan fingerprint density at radius 3 is 2.53 bits per heavy atom. The third-order valence-corrected chi connectivity index (χ3v) is 2.74. The summed E-state index contributed by atoms with van der Waals surface area (Å²) < 4.78 is 50.2. The molecule has 2 nitrogen and oxygen atoms in total. The average Bonchev–Trinajstić information content (AvgIpc) is 2.22. The molecule has 7 heteroatoms. The molecule has 0 bridgehead atoms. The summed E-state index contributed by atoms with van der Waals surface area (Å²) in [5.74, 6) is 4.57. The van der Waals surface area contributed by atoms with Gasteiger partial charge in [-0.3, -0.25) is 11.3 Å². The van der Waals surface area contributed by atoms with Gasteiger partial charge in [-0.25, -0.2) is 4.39 Å². The van der Waals surface area contributed by atoms with Gasteiger partial charge in [0.15, 0.2) is 0 Å². The standard InChI is InChI=1S/C10H11BrF4N2/c11-6-1-2-8(12)7(5-6)9(17-16)3-4-10(13,14)15/h1-2,5,9,17H,3-4,16H2. The molecule has 1 unspecified atom stereocenters. The quantitative estimate of drug-likeness (QED) is 0.507. The molecule has 0 aliphatic rings. The minimum absolute atomic E-state index is 0.117. The van der Waals surface area contributed by atoms with Crippen LogP contribution in [-0.2, 0) is 0 Å². The predicted octanol–water partition coefficient (Wildman–Crippen LogP) is 3.44. The number of alkyl halides is 3. The summed E-state index contributed by atoms with van der Waals surface area (Å²) in [7, 11) is 0. The van der Waals surface area contributed by atoms with Crippen molar-refractivity contribution < 1.29 is 17.6 Å². The molecule has 0 heterocycles. The maximum absolute atomic E-state index is 13.4. The second kappa shape index (κ2) is 5.79. The molecule has 0 fully saturated rings. The smallest absolute Gasteiger partial charge is 0.271 e. The summed E-state index contributed by atoms with van der Waals surface area (Å²) in [6, 6.07) is 3.19. The van der Waals surface area contributed by atoms with Gasteiger partial charge >= 0.3 is 6.18 Å². The van der Waals surface area contributed by atoms with Gasteiger partial charge < -0.3 is 0 Å². The molecule has 1 rings (SSSR count). The summed E-state index contributed by atoms with van der Waals surface area (Å²) in [6.07, 6.45) is -5.61. The van der Waals surface area contributed by atoms with Crippen LogP contribution >= 0.6 is 15.9 Å². The zero-order chi connectivity index (χ0) is 13.1. The Kier molecular flexibility index (Phi) is 4.91. The Hall–Kier alpha value is -0.660. The Morgan fingerprint density at radius 2 is 2.00 bits per heavy atom. The van der Waals surface area contributed by atoms with E-state index >= 15 is 0 Å². The molecular weight excluding hydrogens is 304 g/mol. The van der Waals surface area contributed by atoms with Gasteiger partial charge in [0.2, 0.25) is 0 Å². The molecule has 0 amide bonds. The summed E-state index contributed by atoms with van der Waals surface area (Å²) in [4.78, 5) is 0. The van der Waals surface area contributed by atoms with E-state index < -0.39 is 24.5 Å². The Balaban J connectivity index is 2.82. The maximum Gasteiger partial charge on any atom is 0.389 e. The monoisotopic (exact) mass is 314 g/mol. The van der Waals surface area contributed by atoms with E-state index in [4.69, 9.17) is 5.84 Å². The second-order valence-electron chi connectivity index (χ2n) is 3.54. The van der Waals surface area contributed by atoms with Gasteiger partial charge in [-0.2, -0.15) is 13.2 Å². The lowest BCUT2D eigenvalue weighted by Gasteiger charge is -2.18. The predicted molar refractivity (Wildman–Crippen MR) is 59.5 cm³/mol. The third-order valence-electron chi connectivity index (χ3n) is 2.25. The third kappa shape index (κ3) is 4.61. The number of hydrazine groups is 1. The Bertz CT molecular complexity index is 381. The zero-order valence-electron chi connectivity index (χ0n) is 8.69. The summed E-state index contributed by atoms with van der Waals surface area (Å²) >= 11 is 3.13. The fourth-order valence-corrected chi connectivity index (χ4v) is 1.80. The normalized spacial score (nSPS) is 13.8. The molecule has 0 saturated carbocycles. The van der Waals surface area contributed by atoms with Crippen LogP contribution in [0.5, 0.6) is 0 Å². The number of benzene rings is 1. The van der Waals surface area contributed by atoms with Crippen molar-refractivity contribution in [3.05, 3.63) is 34.1 Å². The minimum atomic E-state index is -4.28. The lowest BCUT2D eigenvalue weighted by atomic mass is 10.0. The molecule has 1 aromatic carbocycles.